The van der Waals surface area contributed by atoms with Crippen molar-refractivity contribution in [1.29, 1.82) is 0 Å². The van der Waals surface area contributed by atoms with Crippen molar-refractivity contribution < 1.29 is 18.3 Å². The molecular formula is C21H21F2N5O2. The van der Waals surface area contributed by atoms with Gasteiger partial charge in [0.2, 0.25) is 5.95 Å². The first-order valence-electron chi connectivity index (χ1n) is 9.17. The zero-order valence-electron chi connectivity index (χ0n) is 16.5. The standard InChI is InChI=1S/C21H21F2N5O2/c1-14(13-30-2)25-20-24-12-11-19(27-20)28(18-9-5-16(23)6-10-18)21(29)26-17-7-3-15(22)4-8-17/h3-12,14H,13H2,1-2H3,(H,26,29)(H,24,25,27)/t14-/m0/s1. The average molecular weight is 413 g/mol. The Hall–Kier alpha value is -3.59. The van der Waals surface area contributed by atoms with Crippen LogP contribution in [-0.2, 0) is 4.74 Å². The van der Waals surface area contributed by atoms with Crippen molar-refractivity contribution in [1.82, 2.24) is 9.97 Å². The predicted octanol–water partition coefficient (Wildman–Crippen LogP) is 4.57. The van der Waals surface area contributed by atoms with Gasteiger partial charge in [0.15, 0.2) is 0 Å². The molecule has 0 saturated carbocycles. The van der Waals surface area contributed by atoms with E-state index >= 15 is 0 Å². The summed E-state index contributed by atoms with van der Waals surface area (Å²) in [6.07, 6.45) is 1.51. The van der Waals surface area contributed by atoms with Gasteiger partial charge in [0.05, 0.1) is 12.3 Å². The van der Waals surface area contributed by atoms with Crippen LogP contribution in [0.1, 0.15) is 6.92 Å². The first kappa shape index (κ1) is 21.1. The van der Waals surface area contributed by atoms with E-state index < -0.39 is 17.7 Å². The molecule has 1 aromatic heterocycles. The molecular weight excluding hydrogens is 392 g/mol. The van der Waals surface area contributed by atoms with Crippen LogP contribution in [-0.4, -0.2) is 35.8 Å². The number of aromatic nitrogens is 2. The van der Waals surface area contributed by atoms with Crippen molar-refractivity contribution >= 4 is 29.2 Å². The Bertz CT molecular complexity index is 983. The van der Waals surface area contributed by atoms with Gasteiger partial charge in [0, 0.05) is 31.1 Å². The minimum absolute atomic E-state index is 0.0578. The second kappa shape index (κ2) is 9.75. The molecule has 2 aromatic carbocycles. The monoisotopic (exact) mass is 413 g/mol. The summed E-state index contributed by atoms with van der Waals surface area (Å²) in [7, 11) is 1.59. The number of anilines is 4. The molecule has 0 saturated heterocycles. The molecule has 0 aliphatic heterocycles. The number of hydrogen-bond donors (Lipinski definition) is 2. The number of amides is 2. The van der Waals surface area contributed by atoms with E-state index in [0.717, 1.165) is 0 Å². The molecule has 0 radical (unpaired) electrons. The second-order valence-electron chi connectivity index (χ2n) is 6.49. The van der Waals surface area contributed by atoms with Gasteiger partial charge in [-0.3, -0.25) is 0 Å². The third kappa shape index (κ3) is 5.48. The number of nitrogens with one attached hydrogen (secondary N) is 2. The molecule has 3 rings (SSSR count). The first-order chi connectivity index (χ1) is 14.5. The molecule has 156 valence electrons. The number of rotatable bonds is 7. The quantitative estimate of drug-likeness (QED) is 0.593. The third-order valence-electron chi connectivity index (χ3n) is 4.05. The van der Waals surface area contributed by atoms with Crippen molar-refractivity contribution in [2.45, 2.75) is 13.0 Å². The zero-order chi connectivity index (χ0) is 21.5. The Kier molecular flexibility index (Phi) is 6.87. The smallest absolute Gasteiger partial charge is 0.332 e. The molecule has 0 unspecified atom stereocenters. The lowest BCUT2D eigenvalue weighted by Gasteiger charge is -2.23. The zero-order valence-corrected chi connectivity index (χ0v) is 16.5. The van der Waals surface area contributed by atoms with Crippen LogP contribution in [0.3, 0.4) is 0 Å². The van der Waals surface area contributed by atoms with Crippen LogP contribution >= 0.6 is 0 Å². The van der Waals surface area contributed by atoms with Crippen molar-refractivity contribution in [3.05, 3.63) is 72.4 Å². The predicted molar refractivity (Wildman–Crippen MR) is 111 cm³/mol. The molecule has 7 nitrogen and oxygen atoms in total. The molecule has 0 fully saturated rings. The summed E-state index contributed by atoms with van der Waals surface area (Å²) in [5, 5.41) is 5.77. The van der Waals surface area contributed by atoms with Crippen LogP contribution in [0.2, 0.25) is 0 Å². The fourth-order valence-corrected chi connectivity index (χ4v) is 2.71. The number of urea groups is 1. The first-order valence-corrected chi connectivity index (χ1v) is 9.17. The van der Waals surface area contributed by atoms with Crippen LogP contribution in [0, 0.1) is 11.6 Å². The molecule has 9 heteroatoms. The Balaban J connectivity index is 1.92. The number of ether oxygens (including phenoxy) is 1. The molecule has 0 bridgehead atoms. The maximum absolute atomic E-state index is 13.4. The summed E-state index contributed by atoms with van der Waals surface area (Å²) in [5.74, 6) is -0.279. The normalized spacial score (nSPS) is 11.6. The van der Waals surface area contributed by atoms with E-state index in [2.05, 4.69) is 20.6 Å². The number of benzene rings is 2. The van der Waals surface area contributed by atoms with Gasteiger partial charge in [-0.05, 0) is 55.5 Å². The van der Waals surface area contributed by atoms with Crippen molar-refractivity contribution in [2.24, 2.45) is 0 Å². The van der Waals surface area contributed by atoms with Gasteiger partial charge in [-0.1, -0.05) is 0 Å². The fourth-order valence-electron chi connectivity index (χ4n) is 2.71. The molecule has 2 amide bonds. The topological polar surface area (TPSA) is 79.4 Å². The Morgan fingerprint density at radius 3 is 2.33 bits per heavy atom. The number of hydrogen-bond acceptors (Lipinski definition) is 5. The molecule has 30 heavy (non-hydrogen) atoms. The van der Waals surface area contributed by atoms with E-state index in [9.17, 15) is 13.6 Å². The molecule has 0 aliphatic carbocycles. The number of halogens is 2. The van der Waals surface area contributed by atoms with E-state index in [0.29, 0.717) is 23.9 Å². The summed E-state index contributed by atoms with van der Waals surface area (Å²) in [4.78, 5) is 22.9. The summed E-state index contributed by atoms with van der Waals surface area (Å²) >= 11 is 0. The summed E-state index contributed by atoms with van der Waals surface area (Å²) in [6.45, 7) is 2.35. The maximum atomic E-state index is 13.4. The van der Waals surface area contributed by atoms with Crippen LogP contribution in [0.4, 0.5) is 36.7 Å². The summed E-state index contributed by atoms with van der Waals surface area (Å²) in [6, 6.07) is 11.7. The number of methoxy groups -OCH3 is 1. The second-order valence-corrected chi connectivity index (χ2v) is 6.49. The largest absolute Gasteiger partial charge is 0.383 e. The van der Waals surface area contributed by atoms with Crippen molar-refractivity contribution in [3.63, 3.8) is 0 Å². The lowest BCUT2D eigenvalue weighted by molar-refractivity contribution is 0.190. The molecule has 0 aliphatic rings. The minimum Gasteiger partial charge on any atom is -0.383 e. The fraction of sp³-hybridized carbons (Fsp3) is 0.190. The highest BCUT2D eigenvalue weighted by atomic mass is 19.1. The van der Waals surface area contributed by atoms with Gasteiger partial charge >= 0.3 is 6.03 Å². The number of carbonyl (C=O) groups excluding carboxylic acids is 1. The van der Waals surface area contributed by atoms with Gasteiger partial charge in [-0.25, -0.2) is 23.5 Å². The van der Waals surface area contributed by atoms with Crippen LogP contribution in [0.5, 0.6) is 0 Å². The highest BCUT2D eigenvalue weighted by molar-refractivity contribution is 6.06. The maximum Gasteiger partial charge on any atom is 0.332 e. The van der Waals surface area contributed by atoms with E-state index in [1.165, 1.54) is 59.6 Å². The molecule has 1 heterocycles. The average Bonchev–Trinajstić information content (AvgIpc) is 2.72. The number of nitrogens with zero attached hydrogens (tertiary/aromatic N) is 3. The SMILES string of the molecule is COC[C@H](C)Nc1nccc(N(C(=O)Nc2ccc(F)cc2)c2ccc(F)cc2)n1. The van der Waals surface area contributed by atoms with Gasteiger partial charge in [-0.2, -0.15) is 4.98 Å². The van der Waals surface area contributed by atoms with Gasteiger partial charge in [0.1, 0.15) is 17.5 Å². The number of carbonyl (C=O) groups is 1. The van der Waals surface area contributed by atoms with Crippen LogP contribution in [0.25, 0.3) is 0 Å². The van der Waals surface area contributed by atoms with Crippen LogP contribution < -0.4 is 15.5 Å². The van der Waals surface area contributed by atoms with Crippen molar-refractivity contribution in [2.75, 3.05) is 29.3 Å². The molecule has 1 atom stereocenters. The highest BCUT2D eigenvalue weighted by Crippen LogP contribution is 2.26. The minimum atomic E-state index is -0.553. The molecule has 2 N–H and O–H groups in total. The third-order valence-corrected chi connectivity index (χ3v) is 4.05. The summed E-state index contributed by atoms with van der Waals surface area (Å²) < 4.78 is 31.7. The van der Waals surface area contributed by atoms with Crippen LogP contribution in [0.15, 0.2) is 60.8 Å². The lowest BCUT2D eigenvalue weighted by Crippen LogP contribution is -2.32. The van der Waals surface area contributed by atoms with E-state index in [1.54, 1.807) is 13.2 Å². The Labute approximate surface area is 172 Å². The van der Waals surface area contributed by atoms with E-state index in [-0.39, 0.29) is 11.9 Å². The van der Waals surface area contributed by atoms with Crippen molar-refractivity contribution in [3.8, 4) is 0 Å². The van der Waals surface area contributed by atoms with Gasteiger partial charge in [-0.15, -0.1) is 0 Å². The molecule has 0 spiro atoms. The van der Waals surface area contributed by atoms with E-state index in [1.807, 2.05) is 6.92 Å². The van der Waals surface area contributed by atoms with Gasteiger partial charge < -0.3 is 15.4 Å². The molecule has 3 aromatic rings. The lowest BCUT2D eigenvalue weighted by atomic mass is 10.2. The summed E-state index contributed by atoms with van der Waals surface area (Å²) in [5.41, 5.74) is 0.792. The van der Waals surface area contributed by atoms with Gasteiger partial charge in [0.25, 0.3) is 0 Å². The Morgan fingerprint density at radius 1 is 1.07 bits per heavy atom. The van der Waals surface area contributed by atoms with E-state index in [4.69, 9.17) is 4.74 Å². The Morgan fingerprint density at radius 2 is 1.70 bits per heavy atom. The highest BCUT2D eigenvalue weighted by Gasteiger charge is 2.21.